The second kappa shape index (κ2) is 9.75. The van der Waals surface area contributed by atoms with Crippen molar-refractivity contribution in [3.63, 3.8) is 0 Å². The summed E-state index contributed by atoms with van der Waals surface area (Å²) in [5.41, 5.74) is 10.8. The Morgan fingerprint density at radius 2 is 1.15 bits per heavy atom. The average Bonchev–Trinajstić information content (AvgIpc) is 3.85. The summed E-state index contributed by atoms with van der Waals surface area (Å²) in [5.74, 6) is 0.771. The number of benzene rings is 8. The molecule has 13 aromatic rings. The molecule has 0 radical (unpaired) electrons. The van der Waals surface area contributed by atoms with Crippen LogP contribution >= 0.6 is 0 Å². The van der Waals surface area contributed by atoms with Gasteiger partial charge in [-0.25, -0.2) is 9.97 Å². The zero-order valence-electron chi connectivity index (χ0n) is 28.2. The van der Waals surface area contributed by atoms with Crippen LogP contribution in [0.15, 0.2) is 162 Å². The van der Waals surface area contributed by atoms with Gasteiger partial charge in [0, 0.05) is 48.7 Å². The quantitative estimate of drug-likeness (QED) is 0.172. The number of hydrogen-bond donors (Lipinski definition) is 0. The molecule has 5 heteroatoms. The van der Waals surface area contributed by atoms with Crippen LogP contribution in [-0.2, 0) is 0 Å². The summed E-state index contributed by atoms with van der Waals surface area (Å²) in [6, 6.07) is 56.1. The van der Waals surface area contributed by atoms with Crippen molar-refractivity contribution >= 4 is 104 Å². The molecule has 0 N–H and O–H groups in total. The Labute approximate surface area is 300 Å². The molecule has 5 nitrogen and oxygen atoms in total. The number of rotatable bonds is 2. The zero-order chi connectivity index (χ0) is 34.4. The first-order valence-corrected chi connectivity index (χ1v) is 18.0. The lowest BCUT2D eigenvalue weighted by molar-refractivity contribution is 0.671. The summed E-state index contributed by atoms with van der Waals surface area (Å²) in [5, 5.41) is 11.6. The van der Waals surface area contributed by atoms with Gasteiger partial charge in [0.05, 0.1) is 33.1 Å². The molecule has 0 bridgehead atoms. The number of furan rings is 1. The van der Waals surface area contributed by atoms with Gasteiger partial charge in [-0.15, -0.1) is 0 Å². The van der Waals surface area contributed by atoms with Crippen molar-refractivity contribution in [3.8, 4) is 17.1 Å². The van der Waals surface area contributed by atoms with Gasteiger partial charge in [-0.2, -0.15) is 0 Å². The Morgan fingerprint density at radius 1 is 0.453 bits per heavy atom. The van der Waals surface area contributed by atoms with E-state index in [1.165, 1.54) is 38.0 Å². The highest BCUT2D eigenvalue weighted by Crippen LogP contribution is 2.48. The molecule has 5 aromatic heterocycles. The minimum absolute atomic E-state index is 0.771. The van der Waals surface area contributed by atoms with Crippen LogP contribution < -0.4 is 0 Å². The van der Waals surface area contributed by atoms with Crippen molar-refractivity contribution in [2.24, 2.45) is 0 Å². The van der Waals surface area contributed by atoms with Crippen LogP contribution in [0.3, 0.4) is 0 Å². The lowest BCUT2D eigenvalue weighted by atomic mass is 10.0. The van der Waals surface area contributed by atoms with Gasteiger partial charge < -0.3 is 8.82 Å². The van der Waals surface area contributed by atoms with Crippen LogP contribution in [0.2, 0.25) is 0 Å². The summed E-state index contributed by atoms with van der Waals surface area (Å²) in [7, 11) is 0. The summed E-state index contributed by atoms with van der Waals surface area (Å²) in [6.07, 6.45) is 0. The maximum atomic E-state index is 6.96. The van der Waals surface area contributed by atoms with E-state index in [4.69, 9.17) is 14.4 Å². The Morgan fingerprint density at radius 3 is 2.06 bits per heavy atom. The first-order chi connectivity index (χ1) is 26.3. The molecule has 0 aliphatic carbocycles. The van der Waals surface area contributed by atoms with E-state index >= 15 is 0 Å². The lowest BCUT2D eigenvalue weighted by Crippen LogP contribution is -2.04. The molecule has 0 aliphatic rings. The monoisotopic (exact) mass is 674 g/mol. The highest BCUT2D eigenvalue weighted by Gasteiger charge is 2.28. The van der Waals surface area contributed by atoms with Crippen LogP contribution in [-0.4, -0.2) is 18.9 Å². The van der Waals surface area contributed by atoms with Gasteiger partial charge in [-0.05, 0) is 41.1 Å². The largest absolute Gasteiger partial charge is 0.454 e. The fourth-order valence-corrected chi connectivity index (χ4v) is 9.23. The van der Waals surface area contributed by atoms with Gasteiger partial charge in [0.15, 0.2) is 11.4 Å². The minimum Gasteiger partial charge on any atom is -0.454 e. The molecule has 0 saturated heterocycles. The van der Waals surface area contributed by atoms with Crippen molar-refractivity contribution in [3.05, 3.63) is 158 Å². The topological polar surface area (TPSA) is 48.3 Å². The van der Waals surface area contributed by atoms with Crippen LogP contribution in [0.1, 0.15) is 0 Å². The highest BCUT2D eigenvalue weighted by molar-refractivity contribution is 6.35. The average molecular weight is 675 g/mol. The number of aromatic nitrogens is 4. The van der Waals surface area contributed by atoms with E-state index in [2.05, 4.69) is 155 Å². The predicted octanol–water partition coefficient (Wildman–Crippen LogP) is 12.6. The van der Waals surface area contributed by atoms with E-state index < -0.39 is 0 Å². The maximum Gasteiger partial charge on any atom is 0.165 e. The van der Waals surface area contributed by atoms with Crippen molar-refractivity contribution in [2.75, 3.05) is 0 Å². The summed E-state index contributed by atoms with van der Waals surface area (Å²) >= 11 is 0. The normalized spacial score (nSPS) is 12.5. The third kappa shape index (κ3) is 3.42. The van der Waals surface area contributed by atoms with Crippen molar-refractivity contribution in [2.45, 2.75) is 0 Å². The third-order valence-electron chi connectivity index (χ3n) is 11.4. The van der Waals surface area contributed by atoms with Crippen LogP contribution in [0, 0.1) is 0 Å². The number of para-hydroxylation sites is 3. The fraction of sp³-hybridized carbons (Fsp3) is 0. The summed E-state index contributed by atoms with van der Waals surface area (Å²) in [4.78, 5) is 11.1. The van der Waals surface area contributed by atoms with Gasteiger partial charge in [-0.3, -0.25) is 4.57 Å². The SMILES string of the molecule is c1ccc(-c2nc3ccc4ccccc4c3nc2-n2c3cccc4c5cccc6c7ccccc7n(c7cc8c9ccccc9oc8c2c7c43)c56)cc1. The highest BCUT2D eigenvalue weighted by atomic mass is 16.3. The molecule has 0 saturated carbocycles. The van der Waals surface area contributed by atoms with E-state index in [1.807, 2.05) is 12.1 Å². The molecule has 0 atom stereocenters. The van der Waals surface area contributed by atoms with E-state index in [9.17, 15) is 0 Å². The first-order valence-electron chi connectivity index (χ1n) is 18.0. The molecule has 0 aliphatic heterocycles. The van der Waals surface area contributed by atoms with E-state index in [0.29, 0.717) is 0 Å². The molecular formula is C48H26N4O. The molecule has 53 heavy (non-hydrogen) atoms. The minimum atomic E-state index is 0.771. The molecule has 0 unspecified atom stereocenters. The van der Waals surface area contributed by atoms with Crippen LogP contribution in [0.25, 0.3) is 121 Å². The second-order valence-corrected chi connectivity index (χ2v) is 14.1. The Bertz CT molecular complexity index is 3680. The van der Waals surface area contributed by atoms with E-state index in [1.54, 1.807) is 0 Å². The van der Waals surface area contributed by atoms with E-state index in [0.717, 1.165) is 82.8 Å². The Balaban J connectivity index is 1.36. The van der Waals surface area contributed by atoms with Gasteiger partial charge in [0.25, 0.3) is 0 Å². The van der Waals surface area contributed by atoms with Gasteiger partial charge in [-0.1, -0.05) is 127 Å². The summed E-state index contributed by atoms with van der Waals surface area (Å²) < 4.78 is 11.8. The van der Waals surface area contributed by atoms with Gasteiger partial charge in [0.2, 0.25) is 0 Å². The van der Waals surface area contributed by atoms with E-state index in [-0.39, 0.29) is 0 Å². The molecule has 0 fully saturated rings. The molecule has 0 amide bonds. The van der Waals surface area contributed by atoms with Gasteiger partial charge >= 0.3 is 0 Å². The lowest BCUT2D eigenvalue weighted by Gasteiger charge is -2.15. The third-order valence-corrected chi connectivity index (χ3v) is 11.4. The second-order valence-electron chi connectivity index (χ2n) is 14.1. The van der Waals surface area contributed by atoms with Crippen LogP contribution in [0.5, 0.6) is 0 Å². The van der Waals surface area contributed by atoms with Crippen LogP contribution in [0.4, 0.5) is 0 Å². The standard InChI is InChI=1S/C48H26N4O/c1-2-13-28(14-3-1)43-48(50-44-29-15-5-4-12-27(29)24-25-36(44)49-43)52-38-22-11-18-32-34-20-10-19-33-30-16-6-8-21-37(30)51(45(33)34)39-26-35-31-17-7-9-23-40(31)53-47(35)46(52)42(39)41(32)38/h1-26H. The summed E-state index contributed by atoms with van der Waals surface area (Å²) in [6.45, 7) is 0. The molecule has 0 spiro atoms. The fourth-order valence-electron chi connectivity index (χ4n) is 9.23. The Kier molecular flexibility index (Phi) is 5.06. The number of nitrogens with zero attached hydrogens (tertiary/aromatic N) is 4. The first kappa shape index (κ1) is 27.5. The molecular weight excluding hydrogens is 649 g/mol. The zero-order valence-corrected chi connectivity index (χ0v) is 28.2. The van der Waals surface area contributed by atoms with Crippen molar-refractivity contribution < 1.29 is 4.42 Å². The molecule has 244 valence electrons. The molecule has 5 heterocycles. The van der Waals surface area contributed by atoms with Crippen molar-refractivity contribution in [1.82, 2.24) is 18.9 Å². The maximum absolute atomic E-state index is 6.96. The molecule has 8 aromatic carbocycles. The molecule has 13 rings (SSSR count). The van der Waals surface area contributed by atoms with Gasteiger partial charge in [0.1, 0.15) is 16.8 Å². The smallest absolute Gasteiger partial charge is 0.165 e. The van der Waals surface area contributed by atoms with Crippen molar-refractivity contribution in [1.29, 1.82) is 0 Å². The number of hydrogen-bond acceptors (Lipinski definition) is 3. The number of fused-ring (bicyclic) bond motifs is 12. The Hall–Kier alpha value is -7.24. The predicted molar refractivity (Wildman–Crippen MR) is 219 cm³/mol.